The van der Waals surface area contributed by atoms with Crippen LogP contribution >= 0.6 is 0 Å². The van der Waals surface area contributed by atoms with Crippen LogP contribution in [0.15, 0.2) is 66.7 Å². The van der Waals surface area contributed by atoms with Gasteiger partial charge >= 0.3 is 0 Å². The van der Waals surface area contributed by atoms with Gasteiger partial charge in [-0.15, -0.1) is 0 Å². The number of hydrogen-bond donors (Lipinski definition) is 0. The molecule has 0 aromatic heterocycles. The van der Waals surface area contributed by atoms with Gasteiger partial charge in [0.25, 0.3) is 0 Å². The van der Waals surface area contributed by atoms with Crippen LogP contribution in [0.5, 0.6) is 0 Å². The number of hydrogen-bond acceptors (Lipinski definition) is 3. The number of Topliss-reactive ketones (excluding diaryl/α,β-unsaturated/α-hetero) is 1. The Bertz CT molecular complexity index is 1170. The Kier molecular flexibility index (Phi) is 4.06. The average molecular weight is 380 g/mol. The molecule has 2 aliphatic carbocycles. The highest BCUT2D eigenvalue weighted by molar-refractivity contribution is 6.28. The van der Waals surface area contributed by atoms with Gasteiger partial charge in [-0.05, 0) is 54.5 Å². The van der Waals surface area contributed by atoms with Crippen molar-refractivity contribution in [2.75, 3.05) is 0 Å². The van der Waals surface area contributed by atoms with E-state index in [2.05, 4.69) is 12.1 Å². The predicted octanol–water partition coefficient (Wildman–Crippen LogP) is 4.55. The lowest BCUT2D eigenvalue weighted by Crippen LogP contribution is -2.30. The smallest absolute Gasteiger partial charge is 0.194 e. The summed E-state index contributed by atoms with van der Waals surface area (Å²) in [5.41, 5.74) is 5.11. The van der Waals surface area contributed by atoms with E-state index >= 15 is 0 Å². The Balaban J connectivity index is 1.63. The Morgan fingerprint density at radius 3 is 1.79 bits per heavy atom. The summed E-state index contributed by atoms with van der Waals surface area (Å²) in [5.74, 6) is -0.0777. The standard InChI is InChI=1S/C26H20O3/c1-15(27)21-11-17-13-23-24(26(29)20-10-6-5-9-19(20)25(23)28)14-18(17)12-22(21)16-7-3-2-4-8-16/h2-10,13-14,21-22H,11-12H2,1H3. The summed E-state index contributed by atoms with van der Waals surface area (Å²) in [4.78, 5) is 38.5. The quantitative estimate of drug-likeness (QED) is 0.513. The molecule has 3 nitrogen and oxygen atoms in total. The average Bonchev–Trinajstić information content (AvgIpc) is 2.76. The van der Waals surface area contributed by atoms with Crippen LogP contribution in [0.3, 0.4) is 0 Å². The molecule has 142 valence electrons. The number of fused-ring (bicyclic) bond motifs is 3. The van der Waals surface area contributed by atoms with Gasteiger partial charge in [0.2, 0.25) is 0 Å². The van der Waals surface area contributed by atoms with E-state index in [1.54, 1.807) is 31.2 Å². The lowest BCUT2D eigenvalue weighted by Gasteiger charge is -2.33. The third kappa shape index (κ3) is 2.77. The summed E-state index contributed by atoms with van der Waals surface area (Å²) in [7, 11) is 0. The molecule has 29 heavy (non-hydrogen) atoms. The molecule has 3 aromatic rings. The van der Waals surface area contributed by atoms with Crippen molar-refractivity contribution in [1.82, 2.24) is 0 Å². The summed E-state index contributed by atoms with van der Waals surface area (Å²) in [6.07, 6.45) is 1.29. The van der Waals surface area contributed by atoms with Gasteiger partial charge in [-0.2, -0.15) is 0 Å². The molecule has 0 radical (unpaired) electrons. The largest absolute Gasteiger partial charge is 0.300 e. The van der Waals surface area contributed by atoms with Gasteiger partial charge in [0.05, 0.1) is 0 Å². The third-order valence-electron chi connectivity index (χ3n) is 6.36. The maximum absolute atomic E-state index is 13.1. The maximum Gasteiger partial charge on any atom is 0.194 e. The second-order valence-corrected chi connectivity index (χ2v) is 8.01. The molecule has 2 aliphatic rings. The first-order valence-corrected chi connectivity index (χ1v) is 9.94. The van der Waals surface area contributed by atoms with Crippen LogP contribution in [-0.2, 0) is 17.6 Å². The molecule has 2 atom stereocenters. The van der Waals surface area contributed by atoms with E-state index in [4.69, 9.17) is 0 Å². The van der Waals surface area contributed by atoms with E-state index < -0.39 is 0 Å². The van der Waals surface area contributed by atoms with Crippen LogP contribution in [0.4, 0.5) is 0 Å². The number of rotatable bonds is 2. The molecule has 0 N–H and O–H groups in total. The van der Waals surface area contributed by atoms with E-state index in [0.717, 1.165) is 16.7 Å². The summed E-state index contributed by atoms with van der Waals surface area (Å²) in [6, 6.07) is 20.8. The molecule has 0 aliphatic heterocycles. The van der Waals surface area contributed by atoms with Crippen molar-refractivity contribution in [2.24, 2.45) is 5.92 Å². The van der Waals surface area contributed by atoms with Crippen molar-refractivity contribution in [2.45, 2.75) is 25.7 Å². The minimum Gasteiger partial charge on any atom is -0.300 e. The zero-order chi connectivity index (χ0) is 20.1. The van der Waals surface area contributed by atoms with Gasteiger partial charge in [0.1, 0.15) is 5.78 Å². The second kappa shape index (κ2) is 6.63. The van der Waals surface area contributed by atoms with Crippen LogP contribution in [0.2, 0.25) is 0 Å². The first-order chi connectivity index (χ1) is 14.0. The molecule has 0 fully saturated rings. The van der Waals surface area contributed by atoms with E-state index in [0.29, 0.717) is 35.1 Å². The molecule has 2 unspecified atom stereocenters. The van der Waals surface area contributed by atoms with Crippen LogP contribution in [-0.4, -0.2) is 17.3 Å². The number of carbonyl (C=O) groups excluding carboxylic acids is 3. The minimum atomic E-state index is -0.121. The fourth-order valence-electron chi connectivity index (χ4n) is 4.85. The zero-order valence-electron chi connectivity index (χ0n) is 16.1. The van der Waals surface area contributed by atoms with Gasteiger partial charge in [-0.1, -0.05) is 54.6 Å². The molecule has 5 rings (SSSR count). The maximum atomic E-state index is 13.1. The summed E-state index contributed by atoms with van der Waals surface area (Å²) >= 11 is 0. The van der Waals surface area contributed by atoms with Gasteiger partial charge in [0.15, 0.2) is 11.6 Å². The van der Waals surface area contributed by atoms with E-state index in [1.807, 2.05) is 30.3 Å². The van der Waals surface area contributed by atoms with E-state index in [1.165, 1.54) is 0 Å². The van der Waals surface area contributed by atoms with Gasteiger partial charge in [-0.25, -0.2) is 0 Å². The predicted molar refractivity (Wildman–Crippen MR) is 111 cm³/mol. The first kappa shape index (κ1) is 17.7. The van der Waals surface area contributed by atoms with Gasteiger partial charge in [0, 0.05) is 28.2 Å². The SMILES string of the molecule is CC(=O)C1Cc2cc3c(cc2CC1c1ccccc1)C(=O)c1ccccc1C3=O. The highest BCUT2D eigenvalue weighted by atomic mass is 16.1. The second-order valence-electron chi connectivity index (χ2n) is 8.01. The number of carbonyl (C=O) groups is 3. The van der Waals surface area contributed by atoms with Crippen molar-refractivity contribution in [3.05, 3.63) is 106 Å². The minimum absolute atomic E-state index is 0.0842. The summed E-state index contributed by atoms with van der Waals surface area (Å²) < 4.78 is 0. The molecular formula is C26H20O3. The highest BCUT2D eigenvalue weighted by Gasteiger charge is 2.36. The molecular weight excluding hydrogens is 360 g/mol. The van der Waals surface area contributed by atoms with Crippen molar-refractivity contribution in [1.29, 1.82) is 0 Å². The number of benzene rings is 3. The van der Waals surface area contributed by atoms with E-state index in [9.17, 15) is 14.4 Å². The van der Waals surface area contributed by atoms with Gasteiger partial charge < -0.3 is 0 Å². The van der Waals surface area contributed by atoms with Crippen LogP contribution in [0.1, 0.15) is 61.4 Å². The van der Waals surface area contributed by atoms with E-state index in [-0.39, 0.29) is 29.2 Å². The first-order valence-electron chi connectivity index (χ1n) is 9.94. The fraction of sp³-hybridized carbons (Fsp3) is 0.192. The Morgan fingerprint density at radius 2 is 1.24 bits per heavy atom. The van der Waals surface area contributed by atoms with Crippen LogP contribution in [0, 0.1) is 5.92 Å². The highest BCUT2D eigenvalue weighted by Crippen LogP contribution is 2.40. The topological polar surface area (TPSA) is 51.2 Å². The summed E-state index contributed by atoms with van der Waals surface area (Å²) in [5, 5.41) is 0. The van der Waals surface area contributed by atoms with Crippen molar-refractivity contribution < 1.29 is 14.4 Å². The van der Waals surface area contributed by atoms with Crippen molar-refractivity contribution >= 4 is 17.3 Å². The molecule has 3 heteroatoms. The molecule has 0 spiro atoms. The Labute approximate surface area is 169 Å². The summed E-state index contributed by atoms with van der Waals surface area (Å²) in [6.45, 7) is 1.65. The molecule has 0 saturated heterocycles. The lowest BCUT2D eigenvalue weighted by atomic mass is 9.69. The van der Waals surface area contributed by atoms with Crippen molar-refractivity contribution in [3.8, 4) is 0 Å². The molecule has 0 amide bonds. The Morgan fingerprint density at radius 1 is 0.724 bits per heavy atom. The number of ketones is 3. The lowest BCUT2D eigenvalue weighted by molar-refractivity contribution is -0.121. The van der Waals surface area contributed by atoms with Crippen LogP contribution < -0.4 is 0 Å². The van der Waals surface area contributed by atoms with Gasteiger partial charge in [-0.3, -0.25) is 14.4 Å². The normalized spacial score (nSPS) is 19.9. The zero-order valence-corrected chi connectivity index (χ0v) is 16.1. The molecule has 3 aromatic carbocycles. The Hall–Kier alpha value is -3.33. The molecule has 0 heterocycles. The van der Waals surface area contributed by atoms with Crippen molar-refractivity contribution in [3.63, 3.8) is 0 Å². The third-order valence-corrected chi connectivity index (χ3v) is 6.36. The molecule has 0 saturated carbocycles. The monoisotopic (exact) mass is 380 g/mol. The fourth-order valence-corrected chi connectivity index (χ4v) is 4.85. The molecule has 0 bridgehead atoms. The van der Waals surface area contributed by atoms with Crippen LogP contribution in [0.25, 0.3) is 0 Å².